The van der Waals surface area contributed by atoms with Crippen molar-refractivity contribution in [3.05, 3.63) is 0 Å². The van der Waals surface area contributed by atoms with E-state index in [1.54, 1.807) is 0 Å². The molecule has 1 aliphatic rings. The van der Waals surface area contributed by atoms with Crippen LogP contribution >= 0.6 is 0 Å². The number of nitrogens with one attached hydrogen (secondary N) is 3. The summed E-state index contributed by atoms with van der Waals surface area (Å²) >= 11 is 0. The van der Waals surface area contributed by atoms with Gasteiger partial charge in [0.05, 0.1) is 12.1 Å². The summed E-state index contributed by atoms with van der Waals surface area (Å²) in [7, 11) is 0. The summed E-state index contributed by atoms with van der Waals surface area (Å²) in [6, 6.07) is 0. The fourth-order valence-corrected chi connectivity index (χ4v) is 3.23. The van der Waals surface area contributed by atoms with Crippen molar-refractivity contribution in [1.29, 1.82) is 0 Å². The van der Waals surface area contributed by atoms with Crippen LogP contribution in [0.15, 0.2) is 4.99 Å². The third-order valence-corrected chi connectivity index (χ3v) is 4.92. The molecule has 1 fully saturated rings. The van der Waals surface area contributed by atoms with Crippen LogP contribution in [0.1, 0.15) is 61.3 Å². The van der Waals surface area contributed by atoms with Crippen LogP contribution in [-0.4, -0.2) is 91.9 Å². The monoisotopic (exact) mass is 426 g/mol. The maximum atomic E-state index is 12.0. The fourth-order valence-electron chi connectivity index (χ4n) is 3.23. The first-order chi connectivity index (χ1) is 14.0. The minimum Gasteiger partial charge on any atom is -0.444 e. The summed E-state index contributed by atoms with van der Waals surface area (Å²) in [6.45, 7) is 23.0. The summed E-state index contributed by atoms with van der Waals surface area (Å²) in [5.41, 5.74) is -1.01. The third kappa shape index (κ3) is 12.2. The van der Waals surface area contributed by atoms with Crippen LogP contribution in [0.3, 0.4) is 0 Å². The van der Waals surface area contributed by atoms with E-state index in [0.29, 0.717) is 6.54 Å². The number of likely N-dealkylation sites (N-methyl/N-ethyl adjacent to an activating group) is 1. The normalized spacial score (nSPS) is 17.0. The Bertz CT molecular complexity index is 522. The largest absolute Gasteiger partial charge is 0.444 e. The summed E-state index contributed by atoms with van der Waals surface area (Å²) in [6.07, 6.45) is 1.88. The topological polar surface area (TPSA) is 81.2 Å². The first kappa shape index (κ1) is 26.5. The molecule has 1 aliphatic heterocycles. The zero-order chi connectivity index (χ0) is 22.6. The predicted octanol–water partition coefficient (Wildman–Crippen LogP) is 2.26. The number of guanidine groups is 1. The van der Waals surface area contributed by atoms with E-state index in [4.69, 9.17) is 4.74 Å². The van der Waals surface area contributed by atoms with E-state index in [2.05, 4.69) is 44.6 Å². The average molecular weight is 427 g/mol. The SMILES string of the molecule is CCNC(=NCC(C)(C)NC(=O)OC(C)(C)C)NCCCCN1CCN(CC)CC1. The second-order valence-electron chi connectivity index (χ2n) is 9.62. The van der Waals surface area contributed by atoms with Gasteiger partial charge in [-0.3, -0.25) is 4.99 Å². The van der Waals surface area contributed by atoms with Crippen molar-refractivity contribution < 1.29 is 9.53 Å². The number of unbranched alkanes of at least 4 members (excludes halogenated alkanes) is 1. The van der Waals surface area contributed by atoms with Crippen LogP contribution in [-0.2, 0) is 4.74 Å². The smallest absolute Gasteiger partial charge is 0.408 e. The molecule has 0 aromatic heterocycles. The van der Waals surface area contributed by atoms with E-state index in [9.17, 15) is 4.79 Å². The number of alkyl carbamates (subject to hydrolysis) is 1. The summed E-state index contributed by atoms with van der Waals surface area (Å²) < 4.78 is 5.35. The van der Waals surface area contributed by atoms with Gasteiger partial charge in [-0.05, 0) is 67.5 Å². The molecule has 0 aromatic carbocycles. The molecule has 0 radical (unpaired) electrons. The Morgan fingerprint density at radius 3 is 2.17 bits per heavy atom. The van der Waals surface area contributed by atoms with Gasteiger partial charge in [-0.15, -0.1) is 0 Å². The van der Waals surface area contributed by atoms with Gasteiger partial charge in [0.15, 0.2) is 5.96 Å². The van der Waals surface area contributed by atoms with Crippen LogP contribution in [0.4, 0.5) is 4.79 Å². The highest BCUT2D eigenvalue weighted by Crippen LogP contribution is 2.10. The lowest BCUT2D eigenvalue weighted by Crippen LogP contribution is -2.49. The van der Waals surface area contributed by atoms with Crippen LogP contribution in [0.25, 0.3) is 0 Å². The van der Waals surface area contributed by atoms with Crippen LogP contribution in [0.2, 0.25) is 0 Å². The van der Waals surface area contributed by atoms with E-state index in [1.807, 2.05) is 34.6 Å². The minimum atomic E-state index is -0.510. The predicted molar refractivity (Wildman–Crippen MR) is 125 cm³/mol. The van der Waals surface area contributed by atoms with Crippen molar-refractivity contribution in [2.24, 2.45) is 4.99 Å². The van der Waals surface area contributed by atoms with Gasteiger partial charge in [-0.1, -0.05) is 6.92 Å². The lowest BCUT2D eigenvalue weighted by atomic mass is 10.1. The van der Waals surface area contributed by atoms with Crippen molar-refractivity contribution in [2.45, 2.75) is 72.4 Å². The molecule has 3 N–H and O–H groups in total. The van der Waals surface area contributed by atoms with E-state index < -0.39 is 17.2 Å². The van der Waals surface area contributed by atoms with E-state index >= 15 is 0 Å². The average Bonchev–Trinajstić information content (AvgIpc) is 2.64. The molecule has 1 saturated heterocycles. The molecule has 8 nitrogen and oxygen atoms in total. The van der Waals surface area contributed by atoms with Gasteiger partial charge in [0.2, 0.25) is 0 Å². The maximum absolute atomic E-state index is 12.0. The Balaban J connectivity index is 2.33. The lowest BCUT2D eigenvalue weighted by Gasteiger charge is -2.34. The highest BCUT2D eigenvalue weighted by Gasteiger charge is 2.24. The first-order valence-corrected chi connectivity index (χ1v) is 11.5. The zero-order valence-corrected chi connectivity index (χ0v) is 20.4. The van der Waals surface area contributed by atoms with Crippen LogP contribution in [0.5, 0.6) is 0 Å². The van der Waals surface area contributed by atoms with E-state index in [-0.39, 0.29) is 0 Å². The molecule has 30 heavy (non-hydrogen) atoms. The maximum Gasteiger partial charge on any atom is 0.408 e. The second-order valence-corrected chi connectivity index (χ2v) is 9.62. The standard InChI is InChI=1S/C22H46N6O2/c1-8-23-19(25-18-22(6,7)26-20(29)30-21(3,4)5)24-12-10-11-13-28-16-14-27(9-2)15-17-28/h8-18H2,1-7H3,(H,26,29)(H2,23,24,25). The van der Waals surface area contributed by atoms with E-state index in [0.717, 1.165) is 32.0 Å². The van der Waals surface area contributed by atoms with Crippen molar-refractivity contribution in [1.82, 2.24) is 25.8 Å². The quantitative estimate of drug-likeness (QED) is 0.282. The molecule has 176 valence electrons. The Hall–Kier alpha value is -1.54. The molecular formula is C22H46N6O2. The van der Waals surface area contributed by atoms with Crippen LogP contribution < -0.4 is 16.0 Å². The van der Waals surface area contributed by atoms with Gasteiger partial charge >= 0.3 is 6.09 Å². The van der Waals surface area contributed by atoms with E-state index in [1.165, 1.54) is 39.1 Å². The summed E-state index contributed by atoms with van der Waals surface area (Å²) in [4.78, 5) is 21.8. The minimum absolute atomic E-state index is 0.416. The van der Waals surface area contributed by atoms with Crippen molar-refractivity contribution in [2.75, 3.05) is 58.9 Å². The van der Waals surface area contributed by atoms with Crippen molar-refractivity contribution in [3.63, 3.8) is 0 Å². The van der Waals surface area contributed by atoms with Gasteiger partial charge in [-0.2, -0.15) is 0 Å². The Kier molecular flexibility index (Phi) is 11.5. The van der Waals surface area contributed by atoms with Gasteiger partial charge in [0.25, 0.3) is 0 Å². The molecule has 1 rings (SSSR count). The molecule has 0 unspecified atom stereocenters. The van der Waals surface area contributed by atoms with Gasteiger partial charge in [-0.25, -0.2) is 4.79 Å². The summed E-state index contributed by atoms with van der Waals surface area (Å²) in [5, 5.41) is 9.58. The van der Waals surface area contributed by atoms with Gasteiger partial charge < -0.3 is 30.5 Å². The molecule has 0 aliphatic carbocycles. The lowest BCUT2D eigenvalue weighted by molar-refractivity contribution is 0.0476. The number of amides is 1. The summed E-state index contributed by atoms with van der Waals surface area (Å²) in [5.74, 6) is 0.785. The van der Waals surface area contributed by atoms with Crippen molar-refractivity contribution in [3.8, 4) is 0 Å². The molecule has 0 saturated carbocycles. The highest BCUT2D eigenvalue weighted by molar-refractivity contribution is 5.79. The Morgan fingerprint density at radius 2 is 1.60 bits per heavy atom. The molecule has 1 amide bonds. The Labute approximate surface area is 184 Å². The molecule has 1 heterocycles. The molecule has 8 heteroatoms. The van der Waals surface area contributed by atoms with Gasteiger partial charge in [0.1, 0.15) is 5.60 Å². The number of ether oxygens (including phenoxy) is 1. The number of nitrogens with zero attached hydrogens (tertiary/aromatic N) is 3. The second kappa shape index (κ2) is 13.0. The number of rotatable bonds is 10. The molecule has 0 aromatic rings. The van der Waals surface area contributed by atoms with Gasteiger partial charge in [0, 0.05) is 39.3 Å². The number of hydrogen-bond donors (Lipinski definition) is 3. The number of carbonyl (C=O) groups is 1. The number of aliphatic imine (C=N–C) groups is 1. The first-order valence-electron chi connectivity index (χ1n) is 11.5. The van der Waals surface area contributed by atoms with Crippen molar-refractivity contribution >= 4 is 12.1 Å². The number of hydrogen-bond acceptors (Lipinski definition) is 5. The number of carbonyl (C=O) groups excluding carboxylic acids is 1. The third-order valence-electron chi connectivity index (χ3n) is 4.92. The molecule has 0 bridgehead atoms. The molecule has 0 spiro atoms. The Morgan fingerprint density at radius 1 is 0.967 bits per heavy atom. The molecule has 0 atom stereocenters. The highest BCUT2D eigenvalue weighted by atomic mass is 16.6. The molecular weight excluding hydrogens is 380 g/mol. The zero-order valence-electron chi connectivity index (χ0n) is 20.4. The fraction of sp³-hybridized carbons (Fsp3) is 0.909. The number of piperazine rings is 1. The van der Waals surface area contributed by atoms with Crippen LogP contribution in [0, 0.1) is 0 Å².